The van der Waals surface area contributed by atoms with Crippen LogP contribution in [0.2, 0.25) is 22.7 Å². The predicted octanol–water partition coefficient (Wildman–Crippen LogP) is 6.25. The van der Waals surface area contributed by atoms with Crippen molar-refractivity contribution in [3.63, 3.8) is 0 Å². The van der Waals surface area contributed by atoms with Gasteiger partial charge in [0.25, 0.3) is 0 Å². The number of hydrogen-bond acceptors (Lipinski definition) is 1. The molecule has 3 heteroatoms. The van der Waals surface area contributed by atoms with Crippen LogP contribution in [-0.2, 0) is 0 Å². The van der Waals surface area contributed by atoms with Crippen molar-refractivity contribution < 1.29 is 0 Å². The number of nitrogens with one attached hydrogen (secondary N) is 1. The van der Waals surface area contributed by atoms with E-state index in [0.717, 1.165) is 16.6 Å². The summed E-state index contributed by atoms with van der Waals surface area (Å²) in [6, 6.07) is 2.16. The van der Waals surface area contributed by atoms with Gasteiger partial charge < -0.3 is 5.32 Å². The first kappa shape index (κ1) is 23.1. The zero-order valence-electron chi connectivity index (χ0n) is 17.8. The summed E-state index contributed by atoms with van der Waals surface area (Å²) in [6.07, 6.45) is 2.60. The molecule has 0 aromatic heterocycles. The average molecular weight is 356 g/mol. The Morgan fingerprint density at radius 2 is 1.43 bits per heavy atom. The molecule has 138 valence electrons. The van der Waals surface area contributed by atoms with E-state index < -0.39 is 15.9 Å². The third-order valence-electron chi connectivity index (χ3n) is 5.97. The largest absolute Gasteiger partial charge is 0.314 e. The molecule has 0 saturated heterocycles. The average Bonchev–Trinajstić information content (AvgIpc) is 2.41. The van der Waals surface area contributed by atoms with Crippen LogP contribution in [0.5, 0.6) is 0 Å². The van der Waals surface area contributed by atoms with E-state index in [9.17, 15) is 0 Å². The van der Waals surface area contributed by atoms with E-state index in [1.165, 1.54) is 25.4 Å². The Hall–Kier alpha value is 0.134. The summed E-state index contributed by atoms with van der Waals surface area (Å²) in [5.74, 6) is 0. The quantitative estimate of drug-likeness (QED) is 0.341. The molecule has 2 unspecified atom stereocenters. The monoisotopic (exact) mass is 355 g/mol. The first-order chi connectivity index (χ1) is 10.6. The topological polar surface area (TPSA) is 12.0 Å². The maximum Gasteiger partial charge on any atom is 0.0568 e. The van der Waals surface area contributed by atoms with Crippen molar-refractivity contribution in [1.82, 2.24) is 5.32 Å². The third kappa shape index (κ3) is 6.51. The van der Waals surface area contributed by atoms with Gasteiger partial charge in [-0.1, -0.05) is 76.7 Å². The molecule has 0 rings (SSSR count). The normalized spacial score (nSPS) is 15.3. The zero-order chi connectivity index (χ0) is 18.2. The molecule has 23 heavy (non-hydrogen) atoms. The lowest BCUT2D eigenvalue weighted by atomic mass is 10.2. The van der Waals surface area contributed by atoms with Crippen molar-refractivity contribution in [3.05, 3.63) is 11.3 Å². The van der Waals surface area contributed by atoms with E-state index >= 15 is 0 Å². The van der Waals surface area contributed by atoms with Crippen LogP contribution in [0.25, 0.3) is 0 Å². The zero-order valence-corrected chi connectivity index (χ0v) is 19.9. The van der Waals surface area contributed by atoms with Crippen LogP contribution in [0.1, 0.15) is 82.1 Å². The van der Waals surface area contributed by atoms with Crippen molar-refractivity contribution in [2.75, 3.05) is 6.54 Å². The molecule has 0 amide bonds. The van der Waals surface area contributed by atoms with Crippen molar-refractivity contribution in [2.24, 2.45) is 0 Å². The van der Waals surface area contributed by atoms with Crippen LogP contribution in [0.15, 0.2) is 11.3 Å². The summed E-state index contributed by atoms with van der Waals surface area (Å²) < 4.78 is 0. The maximum absolute atomic E-state index is 3.70. The van der Waals surface area contributed by atoms with Crippen molar-refractivity contribution >= 4 is 15.9 Å². The summed E-state index contributed by atoms with van der Waals surface area (Å²) in [6.45, 7) is 25.6. The molecule has 1 N–H and O–H groups in total. The van der Waals surface area contributed by atoms with E-state index in [1.807, 2.05) is 0 Å². The second-order valence-electron chi connectivity index (χ2n) is 8.72. The summed E-state index contributed by atoms with van der Waals surface area (Å²) in [5, 5.41) is 3.70. The lowest BCUT2D eigenvalue weighted by Crippen LogP contribution is -2.57. The molecule has 0 aliphatic heterocycles. The van der Waals surface area contributed by atoms with Crippen LogP contribution >= 0.6 is 0 Å². The second-order valence-corrected chi connectivity index (χ2v) is 21.5. The van der Waals surface area contributed by atoms with Gasteiger partial charge in [0.2, 0.25) is 0 Å². The van der Waals surface area contributed by atoms with Gasteiger partial charge in [0.05, 0.1) is 15.9 Å². The minimum Gasteiger partial charge on any atom is -0.314 e. The fourth-order valence-electron chi connectivity index (χ4n) is 4.98. The predicted molar refractivity (Wildman–Crippen MR) is 115 cm³/mol. The molecule has 0 fully saturated rings. The van der Waals surface area contributed by atoms with Crippen molar-refractivity contribution in [3.8, 4) is 0 Å². The van der Waals surface area contributed by atoms with Gasteiger partial charge in [0, 0.05) is 6.04 Å². The summed E-state index contributed by atoms with van der Waals surface area (Å²) >= 11 is 0. The van der Waals surface area contributed by atoms with Gasteiger partial charge in [-0.05, 0) is 40.2 Å². The fraction of sp³-hybridized carbons (Fsp3) is 0.900. The van der Waals surface area contributed by atoms with Gasteiger partial charge in [-0.25, -0.2) is 0 Å². The molecule has 0 aliphatic rings. The Morgan fingerprint density at radius 1 is 0.957 bits per heavy atom. The molecule has 0 bridgehead atoms. The molecule has 0 aromatic rings. The first-order valence-corrected chi connectivity index (χ1v) is 15.5. The number of allylic oxidation sites excluding steroid dienone is 1. The van der Waals surface area contributed by atoms with Crippen LogP contribution in [0.3, 0.4) is 0 Å². The molecule has 0 saturated carbocycles. The van der Waals surface area contributed by atoms with E-state index in [0.29, 0.717) is 6.04 Å². The lowest BCUT2D eigenvalue weighted by molar-refractivity contribution is 0.532. The Labute approximate surface area is 150 Å². The first-order valence-electron chi connectivity index (χ1n) is 9.98. The molecule has 0 spiro atoms. The Morgan fingerprint density at radius 3 is 1.78 bits per heavy atom. The molecule has 0 aromatic carbocycles. The van der Waals surface area contributed by atoms with Gasteiger partial charge in [0.15, 0.2) is 0 Å². The summed E-state index contributed by atoms with van der Waals surface area (Å²) in [5.41, 5.74) is 7.04. The minimum atomic E-state index is -1.27. The summed E-state index contributed by atoms with van der Waals surface area (Å²) in [4.78, 5) is 0. The van der Waals surface area contributed by atoms with E-state index in [-0.39, 0.29) is 0 Å². The van der Waals surface area contributed by atoms with Crippen LogP contribution in [0, 0.1) is 0 Å². The van der Waals surface area contributed by atoms with Gasteiger partial charge in [0.1, 0.15) is 0 Å². The molecular formula is C20H45NSi2. The SMILES string of the molecule is CCC(C)NCCC[SiH](C=C(C)C)[Si](C(C)C)(C(C)C)C(C)C. The molecule has 0 radical (unpaired) electrons. The van der Waals surface area contributed by atoms with Crippen LogP contribution < -0.4 is 5.32 Å². The maximum atomic E-state index is 3.70. The molecule has 0 aliphatic carbocycles. The molecule has 1 nitrogen and oxygen atoms in total. The fourth-order valence-corrected chi connectivity index (χ4v) is 25.6. The molecule has 2 atom stereocenters. The molecular weight excluding hydrogens is 310 g/mol. The van der Waals surface area contributed by atoms with Crippen molar-refractivity contribution in [2.45, 2.75) is 111 Å². The second kappa shape index (κ2) is 10.9. The number of hydrogen-bond donors (Lipinski definition) is 1. The van der Waals surface area contributed by atoms with E-state index in [4.69, 9.17) is 0 Å². The lowest BCUT2D eigenvalue weighted by Gasteiger charge is -2.48. The van der Waals surface area contributed by atoms with E-state index in [1.54, 1.807) is 5.57 Å². The Balaban J connectivity index is 5.28. The van der Waals surface area contributed by atoms with Gasteiger partial charge in [-0.15, -0.1) is 5.70 Å². The van der Waals surface area contributed by atoms with E-state index in [2.05, 4.69) is 80.3 Å². The van der Waals surface area contributed by atoms with Gasteiger partial charge in [-0.2, -0.15) is 0 Å². The van der Waals surface area contributed by atoms with Crippen LogP contribution in [-0.4, -0.2) is 28.5 Å². The Kier molecular flexibility index (Phi) is 11.0. The highest BCUT2D eigenvalue weighted by Crippen LogP contribution is 2.44. The Bertz CT molecular complexity index is 322. The highest BCUT2D eigenvalue weighted by atomic mass is 29.2. The highest BCUT2D eigenvalue weighted by Gasteiger charge is 2.48. The number of rotatable bonds is 11. The smallest absolute Gasteiger partial charge is 0.0568 e. The van der Waals surface area contributed by atoms with Gasteiger partial charge in [-0.3, -0.25) is 0 Å². The van der Waals surface area contributed by atoms with Crippen molar-refractivity contribution in [1.29, 1.82) is 0 Å². The summed E-state index contributed by atoms with van der Waals surface area (Å²) in [7, 11) is -2.12. The van der Waals surface area contributed by atoms with Gasteiger partial charge >= 0.3 is 0 Å². The molecule has 0 heterocycles. The standard InChI is InChI=1S/C20H45NSi2/c1-11-20(10)21-13-12-14-22(15-16(2)3)23(17(4)5,18(6)7)19(8)9/h15,17-22H,11-14H2,1-10H3. The third-order valence-corrected chi connectivity index (χ3v) is 26.6. The van der Waals surface area contributed by atoms with Crippen LogP contribution in [0.4, 0.5) is 0 Å². The minimum absolute atomic E-state index is 0.667. The highest BCUT2D eigenvalue weighted by molar-refractivity contribution is 7.36.